The summed E-state index contributed by atoms with van der Waals surface area (Å²) in [5.74, 6) is 0.710. The van der Waals surface area contributed by atoms with Gasteiger partial charge in [0.25, 0.3) is 0 Å². The lowest BCUT2D eigenvalue weighted by atomic mass is 10.1. The third-order valence-corrected chi connectivity index (χ3v) is 3.72. The Morgan fingerprint density at radius 3 is 2.48 bits per heavy atom. The molecule has 0 aliphatic carbocycles. The highest BCUT2D eigenvalue weighted by molar-refractivity contribution is 6.30. The van der Waals surface area contributed by atoms with E-state index in [1.165, 1.54) is 18.2 Å². The van der Waals surface area contributed by atoms with Gasteiger partial charge in [0.2, 0.25) is 0 Å². The van der Waals surface area contributed by atoms with E-state index in [4.69, 9.17) is 16.3 Å². The van der Waals surface area contributed by atoms with Crippen LogP contribution in [0.3, 0.4) is 0 Å². The molecule has 0 heterocycles. The highest BCUT2D eigenvalue weighted by Gasteiger charge is 2.10. The van der Waals surface area contributed by atoms with Crippen molar-refractivity contribution in [2.75, 3.05) is 0 Å². The van der Waals surface area contributed by atoms with Crippen LogP contribution in [-0.2, 0) is 0 Å². The van der Waals surface area contributed by atoms with E-state index in [0.717, 1.165) is 5.56 Å². The Kier molecular flexibility index (Phi) is 5.17. The summed E-state index contributed by atoms with van der Waals surface area (Å²) in [7, 11) is 0. The quantitative estimate of drug-likeness (QED) is 0.472. The van der Waals surface area contributed by atoms with Crippen LogP contribution in [-0.4, -0.2) is 10.9 Å². The number of para-hydroxylation sites is 1. The van der Waals surface area contributed by atoms with E-state index < -0.39 is 0 Å². The predicted octanol–water partition coefficient (Wildman–Crippen LogP) is 5.73. The van der Waals surface area contributed by atoms with Gasteiger partial charge in [-0.15, -0.1) is 0 Å². The van der Waals surface area contributed by atoms with E-state index >= 15 is 0 Å². The van der Waals surface area contributed by atoms with Crippen molar-refractivity contribution in [3.63, 3.8) is 0 Å². The van der Waals surface area contributed by atoms with Gasteiger partial charge in [-0.05, 0) is 54.1 Å². The Balaban J connectivity index is 1.81. The molecule has 0 bridgehead atoms. The Bertz CT molecular complexity index is 917. The van der Waals surface area contributed by atoms with E-state index in [1.54, 1.807) is 30.3 Å². The molecule has 3 rings (SSSR count). The van der Waals surface area contributed by atoms with Gasteiger partial charge in [0, 0.05) is 5.02 Å². The smallest absolute Gasteiger partial charge is 0.189 e. The van der Waals surface area contributed by atoms with Gasteiger partial charge < -0.3 is 9.84 Å². The molecule has 3 aromatic rings. The second-order valence-electron chi connectivity index (χ2n) is 5.35. The van der Waals surface area contributed by atoms with Crippen LogP contribution in [0.4, 0.5) is 0 Å². The molecule has 0 radical (unpaired) electrons. The Morgan fingerprint density at radius 2 is 1.72 bits per heavy atom. The first-order valence-corrected chi connectivity index (χ1v) is 8.03. The third kappa shape index (κ3) is 4.49. The average Bonchev–Trinajstić information content (AvgIpc) is 2.62. The summed E-state index contributed by atoms with van der Waals surface area (Å²) >= 11 is 5.92. The molecule has 124 valence electrons. The first-order chi connectivity index (χ1) is 12.1. The van der Waals surface area contributed by atoms with E-state index in [1.807, 2.05) is 36.4 Å². The van der Waals surface area contributed by atoms with Crippen LogP contribution in [0.25, 0.3) is 6.08 Å². The number of hydrogen-bond acceptors (Lipinski definition) is 3. The normalized spacial score (nSPS) is 10.8. The van der Waals surface area contributed by atoms with Crippen molar-refractivity contribution in [3.05, 3.63) is 95.0 Å². The molecule has 0 fully saturated rings. The fourth-order valence-corrected chi connectivity index (χ4v) is 2.47. The number of phenolic OH excluding ortho intramolecular Hbond substituents is 1. The van der Waals surface area contributed by atoms with Crippen molar-refractivity contribution in [2.24, 2.45) is 0 Å². The zero-order valence-corrected chi connectivity index (χ0v) is 14.0. The molecule has 0 unspecified atom stereocenters. The maximum atomic E-state index is 12.4. The molecular formula is C21H15ClO3. The van der Waals surface area contributed by atoms with Crippen LogP contribution in [0.2, 0.25) is 5.02 Å². The summed E-state index contributed by atoms with van der Waals surface area (Å²) in [5, 5.41) is 10.6. The maximum Gasteiger partial charge on any atom is 0.189 e. The van der Waals surface area contributed by atoms with Gasteiger partial charge in [-0.2, -0.15) is 0 Å². The van der Waals surface area contributed by atoms with Crippen molar-refractivity contribution in [3.8, 4) is 17.2 Å². The first kappa shape index (κ1) is 16.8. The molecule has 0 aromatic heterocycles. The number of carbonyl (C=O) groups excluding carboxylic acids is 1. The van der Waals surface area contributed by atoms with Crippen molar-refractivity contribution in [2.45, 2.75) is 0 Å². The number of hydrogen-bond donors (Lipinski definition) is 1. The second kappa shape index (κ2) is 7.69. The van der Waals surface area contributed by atoms with E-state index in [2.05, 4.69) is 0 Å². The highest BCUT2D eigenvalue weighted by Crippen LogP contribution is 2.27. The molecule has 0 saturated heterocycles. The van der Waals surface area contributed by atoms with E-state index in [-0.39, 0.29) is 17.1 Å². The molecule has 3 aromatic carbocycles. The number of carbonyl (C=O) groups is 1. The lowest BCUT2D eigenvalue weighted by Crippen LogP contribution is -1.96. The maximum absolute atomic E-state index is 12.4. The fourth-order valence-electron chi connectivity index (χ4n) is 2.27. The van der Waals surface area contributed by atoms with Gasteiger partial charge in [-0.25, -0.2) is 0 Å². The molecular weight excluding hydrogens is 336 g/mol. The number of ether oxygens (including phenoxy) is 1. The topological polar surface area (TPSA) is 46.5 Å². The summed E-state index contributed by atoms with van der Waals surface area (Å²) in [5.41, 5.74) is 0.976. The summed E-state index contributed by atoms with van der Waals surface area (Å²) in [6, 6.07) is 21.0. The average molecular weight is 351 g/mol. The summed E-state index contributed by atoms with van der Waals surface area (Å²) in [6.07, 6.45) is 3.05. The van der Waals surface area contributed by atoms with Crippen molar-refractivity contribution >= 4 is 23.5 Å². The standard InChI is InChI=1S/C21H15ClO3/c22-16-6-4-5-15(13-16)9-11-20(23)19-14-18(10-12-21(19)24)25-17-7-2-1-3-8-17/h1-14,24H. The number of phenols is 1. The largest absolute Gasteiger partial charge is 0.507 e. The van der Waals surface area contributed by atoms with Gasteiger partial charge in [0.1, 0.15) is 17.2 Å². The predicted molar refractivity (Wildman–Crippen MR) is 99.4 cm³/mol. The number of benzene rings is 3. The minimum Gasteiger partial charge on any atom is -0.507 e. The van der Waals surface area contributed by atoms with Gasteiger partial charge in [0.05, 0.1) is 5.56 Å². The zero-order valence-electron chi connectivity index (χ0n) is 13.2. The number of halogens is 1. The molecule has 0 aliphatic rings. The minimum atomic E-state index is -0.323. The molecule has 4 heteroatoms. The summed E-state index contributed by atoms with van der Waals surface area (Å²) in [4.78, 5) is 12.4. The zero-order chi connectivity index (χ0) is 17.6. The number of ketones is 1. The third-order valence-electron chi connectivity index (χ3n) is 3.49. The summed E-state index contributed by atoms with van der Waals surface area (Å²) < 4.78 is 5.70. The van der Waals surface area contributed by atoms with Gasteiger partial charge in [0.15, 0.2) is 5.78 Å². The molecule has 0 amide bonds. The number of allylic oxidation sites excluding steroid dienone is 1. The lowest BCUT2D eigenvalue weighted by Gasteiger charge is -2.08. The van der Waals surface area contributed by atoms with E-state index in [9.17, 15) is 9.90 Å². The monoisotopic (exact) mass is 350 g/mol. The highest BCUT2D eigenvalue weighted by atomic mass is 35.5. The number of rotatable bonds is 5. The van der Waals surface area contributed by atoms with Crippen molar-refractivity contribution in [1.82, 2.24) is 0 Å². The lowest BCUT2D eigenvalue weighted by molar-refractivity contribution is 0.104. The van der Waals surface area contributed by atoms with Crippen LogP contribution in [0.15, 0.2) is 78.9 Å². The molecule has 3 nitrogen and oxygen atoms in total. The molecule has 25 heavy (non-hydrogen) atoms. The molecule has 0 spiro atoms. The van der Waals surface area contributed by atoms with Gasteiger partial charge in [-0.1, -0.05) is 48.0 Å². The van der Waals surface area contributed by atoms with Crippen molar-refractivity contribution in [1.29, 1.82) is 0 Å². The Hall–Kier alpha value is -3.04. The Morgan fingerprint density at radius 1 is 0.920 bits per heavy atom. The first-order valence-electron chi connectivity index (χ1n) is 7.66. The van der Waals surface area contributed by atoms with Crippen molar-refractivity contribution < 1.29 is 14.6 Å². The second-order valence-corrected chi connectivity index (χ2v) is 5.78. The van der Waals surface area contributed by atoms with Crippen LogP contribution in [0.1, 0.15) is 15.9 Å². The molecule has 1 N–H and O–H groups in total. The van der Waals surface area contributed by atoms with Gasteiger partial charge in [-0.3, -0.25) is 4.79 Å². The van der Waals surface area contributed by atoms with Crippen LogP contribution in [0.5, 0.6) is 17.2 Å². The van der Waals surface area contributed by atoms with Crippen LogP contribution >= 0.6 is 11.6 Å². The molecule has 0 saturated carbocycles. The SMILES string of the molecule is O=C(C=Cc1cccc(Cl)c1)c1cc(Oc2ccccc2)ccc1O. The summed E-state index contributed by atoms with van der Waals surface area (Å²) in [6.45, 7) is 0. The van der Waals surface area contributed by atoms with E-state index in [0.29, 0.717) is 16.5 Å². The van der Waals surface area contributed by atoms with Gasteiger partial charge >= 0.3 is 0 Å². The molecule has 0 aliphatic heterocycles. The van der Waals surface area contributed by atoms with Crippen LogP contribution < -0.4 is 4.74 Å². The van der Waals surface area contributed by atoms with Crippen LogP contribution in [0, 0.1) is 0 Å². The minimum absolute atomic E-state index is 0.0962. The number of aromatic hydroxyl groups is 1. The molecule has 0 atom stereocenters. The fraction of sp³-hybridized carbons (Fsp3) is 0. The Labute approximate surface area is 150 Å².